The normalized spacial score (nSPS) is 12.3. The van der Waals surface area contributed by atoms with Gasteiger partial charge in [0.25, 0.3) is 0 Å². The van der Waals surface area contributed by atoms with Crippen molar-refractivity contribution >= 4 is 28.2 Å². The molecule has 0 saturated heterocycles. The lowest BCUT2D eigenvalue weighted by molar-refractivity contribution is 0.624. The fourth-order valence-corrected chi connectivity index (χ4v) is 2.40. The number of halogens is 2. The van der Waals surface area contributed by atoms with Gasteiger partial charge in [0, 0.05) is 23.3 Å². The van der Waals surface area contributed by atoms with Crippen LogP contribution in [0.25, 0.3) is 10.9 Å². The van der Waals surface area contributed by atoms with Crippen LogP contribution in [0, 0.1) is 5.82 Å². The van der Waals surface area contributed by atoms with Gasteiger partial charge in [-0.3, -0.25) is 4.98 Å². The summed E-state index contributed by atoms with van der Waals surface area (Å²) in [5, 5.41) is 4.57. The van der Waals surface area contributed by atoms with Crippen molar-refractivity contribution in [3.8, 4) is 0 Å². The molecule has 0 aliphatic carbocycles. The first-order valence-corrected chi connectivity index (χ1v) is 7.07. The van der Waals surface area contributed by atoms with Gasteiger partial charge in [-0.25, -0.2) is 4.39 Å². The second kappa shape index (κ2) is 5.70. The molecule has 0 spiro atoms. The minimum absolute atomic E-state index is 0.0223. The number of aromatic nitrogens is 1. The Hall–Kier alpha value is -2.13. The Bertz CT molecular complexity index is 789. The Morgan fingerprint density at radius 1 is 1.14 bits per heavy atom. The van der Waals surface area contributed by atoms with Crippen molar-refractivity contribution in [3.05, 3.63) is 71.1 Å². The molecule has 3 aromatic rings. The summed E-state index contributed by atoms with van der Waals surface area (Å²) in [6.45, 7) is 1.98. The Labute approximate surface area is 127 Å². The van der Waals surface area contributed by atoms with Gasteiger partial charge in [-0.1, -0.05) is 23.7 Å². The van der Waals surface area contributed by atoms with Gasteiger partial charge in [0.15, 0.2) is 0 Å². The van der Waals surface area contributed by atoms with Crippen LogP contribution in [0.4, 0.5) is 10.1 Å². The monoisotopic (exact) mass is 300 g/mol. The third-order valence-corrected chi connectivity index (χ3v) is 3.74. The van der Waals surface area contributed by atoms with E-state index in [4.69, 9.17) is 11.6 Å². The summed E-state index contributed by atoms with van der Waals surface area (Å²) in [5.41, 5.74) is 2.77. The van der Waals surface area contributed by atoms with Gasteiger partial charge in [-0.2, -0.15) is 0 Å². The van der Waals surface area contributed by atoms with Gasteiger partial charge in [0.1, 0.15) is 5.82 Å². The maximum atomic E-state index is 13.5. The molecule has 0 amide bonds. The van der Waals surface area contributed by atoms with Crippen molar-refractivity contribution in [2.75, 3.05) is 5.32 Å². The van der Waals surface area contributed by atoms with Crippen LogP contribution in [0.15, 0.2) is 54.7 Å². The molecule has 0 fully saturated rings. The summed E-state index contributed by atoms with van der Waals surface area (Å²) in [6, 6.07) is 14.7. The number of benzene rings is 2. The molecule has 2 aromatic carbocycles. The summed E-state index contributed by atoms with van der Waals surface area (Å²) >= 11 is 5.71. The molecule has 0 saturated carbocycles. The first-order valence-electron chi connectivity index (χ1n) is 6.70. The van der Waals surface area contributed by atoms with Gasteiger partial charge in [-0.05, 0) is 48.9 Å². The van der Waals surface area contributed by atoms with Crippen molar-refractivity contribution in [1.29, 1.82) is 0 Å². The van der Waals surface area contributed by atoms with Gasteiger partial charge in [0.2, 0.25) is 0 Å². The zero-order chi connectivity index (χ0) is 14.8. The molecule has 21 heavy (non-hydrogen) atoms. The summed E-state index contributed by atoms with van der Waals surface area (Å²) in [4.78, 5) is 4.29. The standard InChI is InChI=1S/C17H14ClFN2/c1-11(12-4-6-15(18)16(19)10-12)21-14-5-7-17-13(9-14)3-2-8-20-17/h2-11,21H,1H3. The third-order valence-electron chi connectivity index (χ3n) is 3.43. The van der Waals surface area contributed by atoms with E-state index in [-0.39, 0.29) is 11.1 Å². The molecular formula is C17H14ClFN2. The third kappa shape index (κ3) is 2.98. The molecule has 1 atom stereocenters. The zero-order valence-electron chi connectivity index (χ0n) is 11.5. The molecule has 0 aliphatic heterocycles. The van der Waals surface area contributed by atoms with Gasteiger partial charge in [0.05, 0.1) is 10.5 Å². The van der Waals surface area contributed by atoms with Crippen LogP contribution < -0.4 is 5.32 Å². The summed E-state index contributed by atoms with van der Waals surface area (Å²) in [6.07, 6.45) is 1.77. The molecule has 1 heterocycles. The average Bonchev–Trinajstić information content (AvgIpc) is 2.50. The van der Waals surface area contributed by atoms with Crippen LogP contribution in [0.3, 0.4) is 0 Å². The zero-order valence-corrected chi connectivity index (χ0v) is 12.2. The Balaban J connectivity index is 1.85. The first-order chi connectivity index (χ1) is 10.1. The molecule has 0 radical (unpaired) electrons. The Morgan fingerprint density at radius 2 is 2.00 bits per heavy atom. The fourth-order valence-electron chi connectivity index (χ4n) is 2.28. The van der Waals surface area contributed by atoms with Crippen LogP contribution in [0.1, 0.15) is 18.5 Å². The van der Waals surface area contributed by atoms with E-state index >= 15 is 0 Å². The van der Waals surface area contributed by atoms with Gasteiger partial charge >= 0.3 is 0 Å². The molecule has 1 unspecified atom stereocenters. The molecule has 2 nitrogen and oxygen atoms in total. The molecule has 0 bridgehead atoms. The SMILES string of the molecule is CC(Nc1ccc2ncccc2c1)c1ccc(Cl)c(F)c1. The minimum atomic E-state index is -0.398. The second-order valence-electron chi connectivity index (χ2n) is 4.95. The van der Waals surface area contributed by atoms with Gasteiger partial charge < -0.3 is 5.32 Å². The van der Waals surface area contributed by atoms with E-state index in [0.717, 1.165) is 22.2 Å². The number of pyridine rings is 1. The molecule has 106 valence electrons. The second-order valence-corrected chi connectivity index (χ2v) is 5.36. The quantitative estimate of drug-likeness (QED) is 0.719. The summed E-state index contributed by atoms with van der Waals surface area (Å²) in [5.74, 6) is -0.398. The number of nitrogens with zero attached hydrogens (tertiary/aromatic N) is 1. The lowest BCUT2D eigenvalue weighted by Crippen LogP contribution is -2.06. The molecule has 4 heteroatoms. The number of nitrogens with one attached hydrogen (secondary N) is 1. The average molecular weight is 301 g/mol. The van der Waals surface area contributed by atoms with E-state index in [2.05, 4.69) is 10.3 Å². The highest BCUT2D eigenvalue weighted by Gasteiger charge is 2.08. The predicted molar refractivity (Wildman–Crippen MR) is 85.2 cm³/mol. The van der Waals surface area contributed by atoms with Crippen molar-refractivity contribution in [2.45, 2.75) is 13.0 Å². The smallest absolute Gasteiger partial charge is 0.142 e. The minimum Gasteiger partial charge on any atom is -0.379 e. The lowest BCUT2D eigenvalue weighted by Gasteiger charge is -2.16. The first kappa shape index (κ1) is 13.8. The van der Waals surface area contributed by atoms with Crippen molar-refractivity contribution in [1.82, 2.24) is 4.98 Å². The molecule has 1 N–H and O–H groups in total. The van der Waals surface area contributed by atoms with Crippen LogP contribution in [0.2, 0.25) is 5.02 Å². The molecule has 3 rings (SSSR count). The van der Waals surface area contributed by atoms with E-state index in [9.17, 15) is 4.39 Å². The summed E-state index contributed by atoms with van der Waals surface area (Å²) < 4.78 is 13.5. The van der Waals surface area contributed by atoms with Crippen LogP contribution in [-0.2, 0) is 0 Å². The lowest BCUT2D eigenvalue weighted by atomic mass is 10.1. The topological polar surface area (TPSA) is 24.9 Å². The highest BCUT2D eigenvalue weighted by atomic mass is 35.5. The van der Waals surface area contributed by atoms with E-state index in [1.54, 1.807) is 12.3 Å². The van der Waals surface area contributed by atoms with Gasteiger partial charge in [-0.15, -0.1) is 0 Å². The maximum Gasteiger partial charge on any atom is 0.142 e. The summed E-state index contributed by atoms with van der Waals surface area (Å²) in [7, 11) is 0. The fraction of sp³-hybridized carbons (Fsp3) is 0.118. The van der Waals surface area contributed by atoms with Crippen LogP contribution >= 0.6 is 11.6 Å². The Kier molecular flexibility index (Phi) is 3.76. The maximum absolute atomic E-state index is 13.5. The number of hydrogen-bond donors (Lipinski definition) is 1. The highest BCUT2D eigenvalue weighted by molar-refractivity contribution is 6.30. The van der Waals surface area contributed by atoms with E-state index in [0.29, 0.717) is 0 Å². The molecule has 1 aromatic heterocycles. The van der Waals surface area contributed by atoms with Crippen molar-refractivity contribution in [3.63, 3.8) is 0 Å². The van der Waals surface area contributed by atoms with Crippen LogP contribution in [0.5, 0.6) is 0 Å². The number of hydrogen-bond acceptors (Lipinski definition) is 2. The van der Waals surface area contributed by atoms with Crippen molar-refractivity contribution < 1.29 is 4.39 Å². The molecule has 0 aliphatic rings. The predicted octanol–water partition coefficient (Wildman–Crippen LogP) is 5.20. The van der Waals surface area contributed by atoms with E-state index in [1.807, 2.05) is 43.3 Å². The van der Waals surface area contributed by atoms with E-state index < -0.39 is 5.82 Å². The number of rotatable bonds is 3. The number of fused-ring (bicyclic) bond motifs is 1. The Morgan fingerprint density at radius 3 is 2.81 bits per heavy atom. The largest absolute Gasteiger partial charge is 0.379 e. The number of anilines is 1. The van der Waals surface area contributed by atoms with E-state index in [1.165, 1.54) is 6.07 Å². The highest BCUT2D eigenvalue weighted by Crippen LogP contribution is 2.25. The molecular weight excluding hydrogens is 287 g/mol. The van der Waals surface area contributed by atoms with Crippen LogP contribution in [-0.4, -0.2) is 4.98 Å². The van der Waals surface area contributed by atoms with Crippen molar-refractivity contribution in [2.24, 2.45) is 0 Å².